The van der Waals surface area contributed by atoms with Crippen molar-refractivity contribution >= 4 is 11.6 Å². The third-order valence-corrected chi connectivity index (χ3v) is 2.87. The Morgan fingerprint density at radius 1 is 1.50 bits per heavy atom. The van der Waals surface area contributed by atoms with E-state index < -0.39 is 0 Å². The monoisotopic (exact) mass is 242 g/mol. The molecule has 1 unspecified atom stereocenters. The van der Waals surface area contributed by atoms with Crippen LogP contribution in [0.1, 0.15) is 11.6 Å². The summed E-state index contributed by atoms with van der Waals surface area (Å²) >= 11 is 5.97. The van der Waals surface area contributed by atoms with Crippen LogP contribution in [0.5, 0.6) is 0 Å². The van der Waals surface area contributed by atoms with Gasteiger partial charge in [-0.25, -0.2) is 0 Å². The summed E-state index contributed by atoms with van der Waals surface area (Å²) in [5, 5.41) is 0.746. The van der Waals surface area contributed by atoms with Crippen molar-refractivity contribution in [3.05, 3.63) is 34.9 Å². The number of hydrogen-bond donors (Lipinski definition) is 1. The molecule has 0 radical (unpaired) electrons. The van der Waals surface area contributed by atoms with Crippen molar-refractivity contribution in [2.24, 2.45) is 5.73 Å². The first-order chi connectivity index (χ1) is 7.69. The zero-order chi connectivity index (χ0) is 12.0. The summed E-state index contributed by atoms with van der Waals surface area (Å²) in [7, 11) is 3.74. The first-order valence-electron chi connectivity index (χ1n) is 5.33. The van der Waals surface area contributed by atoms with E-state index in [9.17, 15) is 0 Å². The van der Waals surface area contributed by atoms with Crippen LogP contribution in [-0.4, -0.2) is 38.8 Å². The molecule has 0 bridgehead atoms. The van der Waals surface area contributed by atoms with Gasteiger partial charge in [-0.1, -0.05) is 23.7 Å². The maximum Gasteiger partial charge on any atom is 0.0589 e. The van der Waals surface area contributed by atoms with E-state index in [-0.39, 0.29) is 6.04 Å². The smallest absolute Gasteiger partial charge is 0.0589 e. The van der Waals surface area contributed by atoms with Crippen LogP contribution in [0.2, 0.25) is 5.02 Å². The minimum atomic E-state index is 0.189. The number of benzene rings is 1. The average molecular weight is 243 g/mol. The average Bonchev–Trinajstić information content (AvgIpc) is 2.27. The van der Waals surface area contributed by atoms with E-state index in [1.165, 1.54) is 0 Å². The van der Waals surface area contributed by atoms with E-state index in [0.717, 1.165) is 17.1 Å². The van der Waals surface area contributed by atoms with Crippen molar-refractivity contribution in [1.82, 2.24) is 4.90 Å². The molecule has 1 aromatic rings. The Morgan fingerprint density at radius 3 is 2.81 bits per heavy atom. The van der Waals surface area contributed by atoms with Gasteiger partial charge in [0.1, 0.15) is 0 Å². The van der Waals surface area contributed by atoms with Crippen LogP contribution in [0.4, 0.5) is 0 Å². The molecule has 90 valence electrons. The SMILES string of the molecule is COCCN(C)C(CN)c1cccc(Cl)c1. The lowest BCUT2D eigenvalue weighted by atomic mass is 10.1. The van der Waals surface area contributed by atoms with Crippen LogP contribution in [0, 0.1) is 0 Å². The van der Waals surface area contributed by atoms with Gasteiger partial charge >= 0.3 is 0 Å². The Kier molecular flexibility index (Phi) is 5.77. The molecular weight excluding hydrogens is 224 g/mol. The molecule has 0 fully saturated rings. The van der Waals surface area contributed by atoms with Crippen molar-refractivity contribution in [2.45, 2.75) is 6.04 Å². The highest BCUT2D eigenvalue weighted by Crippen LogP contribution is 2.21. The van der Waals surface area contributed by atoms with E-state index in [4.69, 9.17) is 22.1 Å². The number of nitrogens with zero attached hydrogens (tertiary/aromatic N) is 1. The zero-order valence-corrected chi connectivity index (χ0v) is 10.6. The predicted molar refractivity (Wildman–Crippen MR) is 67.8 cm³/mol. The number of likely N-dealkylation sites (N-methyl/N-ethyl adjacent to an activating group) is 1. The molecule has 4 heteroatoms. The molecule has 3 nitrogen and oxygen atoms in total. The highest BCUT2D eigenvalue weighted by atomic mass is 35.5. The van der Waals surface area contributed by atoms with E-state index in [0.29, 0.717) is 13.2 Å². The topological polar surface area (TPSA) is 38.5 Å². The maximum atomic E-state index is 5.97. The fraction of sp³-hybridized carbons (Fsp3) is 0.500. The second-order valence-corrected chi connectivity index (χ2v) is 4.22. The molecule has 2 N–H and O–H groups in total. The molecule has 16 heavy (non-hydrogen) atoms. The van der Waals surface area contributed by atoms with Crippen LogP contribution in [0.25, 0.3) is 0 Å². The molecule has 0 amide bonds. The van der Waals surface area contributed by atoms with E-state index in [2.05, 4.69) is 4.90 Å². The van der Waals surface area contributed by atoms with Gasteiger partial charge in [0.05, 0.1) is 6.61 Å². The number of ether oxygens (including phenoxy) is 1. The Morgan fingerprint density at radius 2 is 2.25 bits per heavy atom. The van der Waals surface area contributed by atoms with Gasteiger partial charge in [-0.15, -0.1) is 0 Å². The Bertz CT molecular complexity index is 320. The minimum Gasteiger partial charge on any atom is -0.383 e. The number of nitrogens with two attached hydrogens (primary N) is 1. The predicted octanol–water partition coefficient (Wildman–Crippen LogP) is 1.92. The molecule has 0 aromatic heterocycles. The lowest BCUT2D eigenvalue weighted by Crippen LogP contribution is -2.32. The molecule has 0 heterocycles. The normalized spacial score (nSPS) is 13.1. The van der Waals surface area contributed by atoms with Crippen molar-refractivity contribution in [3.8, 4) is 0 Å². The summed E-state index contributed by atoms with van der Waals surface area (Å²) in [6.45, 7) is 2.12. The van der Waals surface area contributed by atoms with Crippen LogP contribution in [-0.2, 0) is 4.74 Å². The van der Waals surface area contributed by atoms with Crippen LogP contribution < -0.4 is 5.73 Å². The second-order valence-electron chi connectivity index (χ2n) is 3.78. The van der Waals surface area contributed by atoms with Gasteiger partial charge in [-0.05, 0) is 24.7 Å². The minimum absolute atomic E-state index is 0.189. The van der Waals surface area contributed by atoms with Gasteiger partial charge in [0.2, 0.25) is 0 Å². The summed E-state index contributed by atoms with van der Waals surface area (Å²) in [6.07, 6.45) is 0. The van der Waals surface area contributed by atoms with Gasteiger partial charge in [-0.2, -0.15) is 0 Å². The number of rotatable bonds is 6. The summed E-state index contributed by atoms with van der Waals surface area (Å²) in [5.74, 6) is 0. The summed E-state index contributed by atoms with van der Waals surface area (Å²) in [4.78, 5) is 2.18. The van der Waals surface area contributed by atoms with Crippen LogP contribution >= 0.6 is 11.6 Å². The Labute approximate surface area is 102 Å². The lowest BCUT2D eigenvalue weighted by Gasteiger charge is -2.27. The molecule has 1 atom stereocenters. The van der Waals surface area contributed by atoms with E-state index in [1.54, 1.807) is 7.11 Å². The first kappa shape index (κ1) is 13.5. The molecule has 0 aliphatic carbocycles. The van der Waals surface area contributed by atoms with Crippen molar-refractivity contribution in [2.75, 3.05) is 33.9 Å². The van der Waals surface area contributed by atoms with Gasteiger partial charge in [0, 0.05) is 31.3 Å². The van der Waals surface area contributed by atoms with Crippen LogP contribution in [0.15, 0.2) is 24.3 Å². The molecule has 1 aromatic carbocycles. The fourth-order valence-electron chi connectivity index (χ4n) is 1.68. The molecule has 0 saturated heterocycles. The Hall–Kier alpha value is -0.610. The first-order valence-corrected chi connectivity index (χ1v) is 5.71. The highest BCUT2D eigenvalue weighted by molar-refractivity contribution is 6.30. The third kappa shape index (κ3) is 3.76. The largest absolute Gasteiger partial charge is 0.383 e. The lowest BCUT2D eigenvalue weighted by molar-refractivity contribution is 0.140. The molecule has 0 aliphatic heterocycles. The standard InChI is InChI=1S/C12H19ClN2O/c1-15(6-7-16-2)12(9-14)10-4-3-5-11(13)8-10/h3-5,8,12H,6-7,9,14H2,1-2H3. The second kappa shape index (κ2) is 6.86. The van der Waals surface area contributed by atoms with Crippen molar-refractivity contribution < 1.29 is 4.74 Å². The number of halogens is 1. The maximum absolute atomic E-state index is 5.97. The van der Waals surface area contributed by atoms with E-state index >= 15 is 0 Å². The van der Waals surface area contributed by atoms with Gasteiger partial charge < -0.3 is 10.5 Å². The molecule has 1 rings (SSSR count). The fourth-order valence-corrected chi connectivity index (χ4v) is 1.87. The van der Waals surface area contributed by atoms with Crippen molar-refractivity contribution in [3.63, 3.8) is 0 Å². The summed E-state index contributed by atoms with van der Waals surface area (Å²) < 4.78 is 5.06. The van der Waals surface area contributed by atoms with Gasteiger partial charge in [0.25, 0.3) is 0 Å². The number of methoxy groups -OCH3 is 1. The molecule has 0 aliphatic rings. The molecular formula is C12H19ClN2O. The molecule has 0 saturated carbocycles. The highest BCUT2D eigenvalue weighted by Gasteiger charge is 2.14. The van der Waals surface area contributed by atoms with E-state index in [1.807, 2.05) is 31.3 Å². The van der Waals surface area contributed by atoms with Gasteiger partial charge in [0.15, 0.2) is 0 Å². The Balaban J connectivity index is 2.73. The zero-order valence-electron chi connectivity index (χ0n) is 9.82. The van der Waals surface area contributed by atoms with Gasteiger partial charge in [-0.3, -0.25) is 4.90 Å². The quantitative estimate of drug-likeness (QED) is 0.829. The van der Waals surface area contributed by atoms with Crippen LogP contribution in [0.3, 0.4) is 0 Å². The number of hydrogen-bond acceptors (Lipinski definition) is 3. The molecule has 0 spiro atoms. The van der Waals surface area contributed by atoms with Crippen molar-refractivity contribution in [1.29, 1.82) is 0 Å². The summed E-state index contributed by atoms with van der Waals surface area (Å²) in [6, 6.07) is 8.02. The third-order valence-electron chi connectivity index (χ3n) is 2.64. The summed E-state index contributed by atoms with van der Waals surface area (Å²) in [5.41, 5.74) is 6.95.